The van der Waals surface area contributed by atoms with Crippen molar-refractivity contribution < 1.29 is 8.78 Å². The molecule has 3 heteroatoms. The predicted molar refractivity (Wildman–Crippen MR) is 85.3 cm³/mol. The number of hydrogen-bond donors (Lipinski definition) is 0. The van der Waals surface area contributed by atoms with E-state index >= 15 is 0 Å². The van der Waals surface area contributed by atoms with Crippen molar-refractivity contribution >= 4 is 0 Å². The molecule has 21 heavy (non-hydrogen) atoms. The Kier molecular flexibility index (Phi) is 4.58. The molecule has 0 N–H and O–H groups in total. The van der Waals surface area contributed by atoms with Crippen molar-refractivity contribution in [2.45, 2.75) is 85.0 Å². The summed E-state index contributed by atoms with van der Waals surface area (Å²) in [5.74, 6) is 0. The van der Waals surface area contributed by atoms with E-state index in [0.717, 1.165) is 11.3 Å². The molecule has 1 aromatic heterocycles. The number of rotatable bonds is 1. The molecule has 0 atom stereocenters. The van der Waals surface area contributed by atoms with E-state index in [1.54, 1.807) is 0 Å². The quantitative estimate of drug-likeness (QED) is 0.627. The Morgan fingerprint density at radius 3 is 1.48 bits per heavy atom. The summed E-state index contributed by atoms with van der Waals surface area (Å²) in [6.45, 7) is 18.3. The summed E-state index contributed by atoms with van der Waals surface area (Å²) in [5.41, 5.74) is 1.67. The molecule has 1 nitrogen and oxygen atoms in total. The Bertz CT molecular complexity index is 512. The minimum Gasteiger partial charge on any atom is -0.251 e. The molecule has 0 radical (unpaired) electrons. The van der Waals surface area contributed by atoms with E-state index in [4.69, 9.17) is 0 Å². The van der Waals surface area contributed by atoms with Gasteiger partial charge in [-0.25, -0.2) is 8.78 Å². The molecule has 0 aliphatic heterocycles. The molecule has 0 saturated carbocycles. The van der Waals surface area contributed by atoms with Gasteiger partial charge in [-0.2, -0.15) is 0 Å². The van der Waals surface area contributed by atoms with Crippen LogP contribution >= 0.6 is 0 Å². The number of pyridine rings is 1. The van der Waals surface area contributed by atoms with Gasteiger partial charge in [0.25, 0.3) is 6.43 Å². The first-order chi connectivity index (χ1) is 9.15. The zero-order valence-corrected chi connectivity index (χ0v) is 14.9. The minimum atomic E-state index is -2.55. The molecule has 1 aromatic rings. The molecule has 1 heterocycles. The van der Waals surface area contributed by atoms with Crippen LogP contribution in [0, 0.1) is 0 Å². The van der Waals surface area contributed by atoms with Gasteiger partial charge in [0.2, 0.25) is 0 Å². The number of aromatic nitrogens is 1. The van der Waals surface area contributed by atoms with Crippen molar-refractivity contribution in [2.24, 2.45) is 0 Å². The second-order valence-corrected chi connectivity index (χ2v) is 8.87. The summed E-state index contributed by atoms with van der Waals surface area (Å²) < 4.78 is 27.0. The highest BCUT2D eigenvalue weighted by Gasteiger charge is 2.32. The summed E-state index contributed by atoms with van der Waals surface area (Å²) in [6, 6.07) is 1.95. The molecule has 0 aliphatic carbocycles. The van der Waals surface area contributed by atoms with Gasteiger partial charge >= 0.3 is 0 Å². The van der Waals surface area contributed by atoms with Gasteiger partial charge in [0, 0.05) is 11.1 Å². The third kappa shape index (κ3) is 4.02. The zero-order valence-electron chi connectivity index (χ0n) is 14.9. The van der Waals surface area contributed by atoms with E-state index < -0.39 is 6.43 Å². The van der Waals surface area contributed by atoms with E-state index in [-0.39, 0.29) is 21.9 Å². The molecule has 120 valence electrons. The van der Waals surface area contributed by atoms with Gasteiger partial charge in [-0.05, 0) is 22.0 Å². The highest BCUT2D eigenvalue weighted by molar-refractivity contribution is 5.41. The minimum absolute atomic E-state index is 0.0691. The first-order valence-electron chi connectivity index (χ1n) is 7.50. The lowest BCUT2D eigenvalue weighted by Gasteiger charge is -2.33. The van der Waals surface area contributed by atoms with Crippen LogP contribution in [0.2, 0.25) is 0 Å². The maximum atomic E-state index is 13.5. The fourth-order valence-electron chi connectivity index (χ4n) is 2.44. The van der Waals surface area contributed by atoms with Gasteiger partial charge in [0.1, 0.15) is 5.69 Å². The number of alkyl halides is 2. The molecular weight excluding hydrogens is 268 g/mol. The van der Waals surface area contributed by atoms with Crippen LogP contribution in [0.25, 0.3) is 0 Å². The Balaban J connectivity index is 3.80. The van der Waals surface area contributed by atoms with E-state index in [1.165, 1.54) is 0 Å². The van der Waals surface area contributed by atoms with Gasteiger partial charge in [-0.1, -0.05) is 68.4 Å². The highest BCUT2D eigenvalue weighted by atomic mass is 19.3. The molecule has 0 aromatic carbocycles. The molecule has 0 bridgehead atoms. The summed E-state index contributed by atoms with van der Waals surface area (Å²) in [7, 11) is 0. The van der Waals surface area contributed by atoms with Crippen molar-refractivity contribution in [1.29, 1.82) is 0 Å². The second kappa shape index (κ2) is 5.33. The largest absolute Gasteiger partial charge is 0.280 e. The Labute approximate surface area is 128 Å². The average molecular weight is 297 g/mol. The summed E-state index contributed by atoms with van der Waals surface area (Å²) in [6.07, 6.45) is -2.55. The number of nitrogens with zero attached hydrogens (tertiary/aromatic N) is 1. The summed E-state index contributed by atoms with van der Waals surface area (Å²) >= 11 is 0. The van der Waals surface area contributed by atoms with E-state index in [1.807, 2.05) is 47.6 Å². The van der Waals surface area contributed by atoms with Gasteiger partial charge in [-0.15, -0.1) is 0 Å². The predicted octanol–water partition coefficient (Wildman–Crippen LogP) is 5.91. The smallest absolute Gasteiger partial charge is 0.251 e. The van der Waals surface area contributed by atoms with Gasteiger partial charge < -0.3 is 0 Å². The van der Waals surface area contributed by atoms with Gasteiger partial charge in [0.05, 0.1) is 0 Å². The second-order valence-electron chi connectivity index (χ2n) is 8.87. The summed E-state index contributed by atoms with van der Waals surface area (Å²) in [5, 5.41) is 0. The standard InChI is InChI=1S/C18H29F2N/c1-16(2,3)11-10-12(17(4,5)6)14(18(7,8)9)21-13(11)15(19)20/h10,15H,1-9H3. The lowest BCUT2D eigenvalue weighted by molar-refractivity contribution is 0.142. The van der Waals surface area contributed by atoms with E-state index in [0.29, 0.717) is 5.56 Å². The molecule has 0 amide bonds. The van der Waals surface area contributed by atoms with Crippen LogP contribution in [-0.4, -0.2) is 4.98 Å². The molecule has 1 rings (SSSR count). The van der Waals surface area contributed by atoms with Crippen LogP contribution in [0.4, 0.5) is 8.78 Å². The maximum Gasteiger partial charge on any atom is 0.280 e. The Hall–Kier alpha value is -0.990. The Morgan fingerprint density at radius 1 is 0.762 bits per heavy atom. The van der Waals surface area contributed by atoms with Gasteiger partial charge in [0.15, 0.2) is 0 Å². The van der Waals surface area contributed by atoms with Crippen LogP contribution in [-0.2, 0) is 16.2 Å². The molecule has 0 aliphatic rings. The Morgan fingerprint density at radius 2 is 1.19 bits per heavy atom. The average Bonchev–Trinajstić information content (AvgIpc) is 2.23. The summed E-state index contributed by atoms with van der Waals surface area (Å²) in [4.78, 5) is 4.43. The first-order valence-corrected chi connectivity index (χ1v) is 7.50. The lowest BCUT2D eigenvalue weighted by Crippen LogP contribution is -2.27. The number of halogens is 2. The van der Waals surface area contributed by atoms with Crippen molar-refractivity contribution in [3.8, 4) is 0 Å². The first kappa shape index (κ1) is 18.1. The van der Waals surface area contributed by atoms with Crippen LogP contribution in [0.15, 0.2) is 6.07 Å². The number of hydrogen-bond acceptors (Lipinski definition) is 1. The van der Waals surface area contributed by atoms with E-state index in [2.05, 4.69) is 25.8 Å². The molecule has 0 fully saturated rings. The SMILES string of the molecule is CC(C)(C)c1cc(C(C)(C)C)c(C(C)(C)C)nc1C(F)F. The monoisotopic (exact) mass is 297 g/mol. The molecular formula is C18H29F2N. The van der Waals surface area contributed by atoms with Crippen molar-refractivity contribution in [2.75, 3.05) is 0 Å². The maximum absolute atomic E-state index is 13.5. The van der Waals surface area contributed by atoms with Crippen LogP contribution in [0.1, 0.15) is 91.3 Å². The van der Waals surface area contributed by atoms with Gasteiger partial charge in [-0.3, -0.25) is 4.98 Å². The molecule has 0 unspecified atom stereocenters. The topological polar surface area (TPSA) is 12.9 Å². The molecule has 0 spiro atoms. The third-order valence-electron chi connectivity index (χ3n) is 3.59. The van der Waals surface area contributed by atoms with Crippen molar-refractivity contribution in [1.82, 2.24) is 4.98 Å². The molecule has 0 saturated heterocycles. The van der Waals surface area contributed by atoms with Crippen molar-refractivity contribution in [3.63, 3.8) is 0 Å². The lowest BCUT2D eigenvalue weighted by atomic mass is 9.75. The normalized spacial score (nSPS) is 13.9. The fraction of sp³-hybridized carbons (Fsp3) is 0.722. The third-order valence-corrected chi connectivity index (χ3v) is 3.59. The van der Waals surface area contributed by atoms with E-state index in [9.17, 15) is 8.78 Å². The van der Waals surface area contributed by atoms with Crippen LogP contribution in [0.3, 0.4) is 0 Å². The van der Waals surface area contributed by atoms with Crippen LogP contribution in [0.5, 0.6) is 0 Å². The fourth-order valence-corrected chi connectivity index (χ4v) is 2.44. The highest BCUT2D eigenvalue weighted by Crippen LogP contribution is 2.39. The zero-order chi connectivity index (χ0) is 16.8. The van der Waals surface area contributed by atoms with Crippen LogP contribution < -0.4 is 0 Å². The van der Waals surface area contributed by atoms with Crippen molar-refractivity contribution in [3.05, 3.63) is 28.6 Å².